The molecule has 1 amide bonds. The minimum Gasteiger partial charge on any atom is -0.346 e. The molecule has 0 aliphatic heterocycles. The SMILES string of the molecule is CC(NC(=O)CCN)c1nc2ccccc2n1C. The van der Waals surface area contributed by atoms with Crippen molar-refractivity contribution in [1.82, 2.24) is 14.9 Å². The van der Waals surface area contributed by atoms with Crippen LogP contribution in [0.15, 0.2) is 24.3 Å². The molecule has 1 heterocycles. The van der Waals surface area contributed by atoms with Gasteiger partial charge in [0.15, 0.2) is 0 Å². The summed E-state index contributed by atoms with van der Waals surface area (Å²) in [6.07, 6.45) is 0.342. The first-order chi connectivity index (χ1) is 8.63. The van der Waals surface area contributed by atoms with Gasteiger partial charge in [0.1, 0.15) is 5.82 Å². The van der Waals surface area contributed by atoms with Crippen LogP contribution < -0.4 is 11.1 Å². The van der Waals surface area contributed by atoms with Crippen molar-refractivity contribution in [2.24, 2.45) is 12.8 Å². The number of para-hydroxylation sites is 2. The molecule has 0 aliphatic carbocycles. The van der Waals surface area contributed by atoms with Crippen LogP contribution in [0.3, 0.4) is 0 Å². The van der Waals surface area contributed by atoms with E-state index in [1.54, 1.807) is 0 Å². The van der Waals surface area contributed by atoms with Gasteiger partial charge >= 0.3 is 0 Å². The van der Waals surface area contributed by atoms with E-state index in [2.05, 4.69) is 10.3 Å². The van der Waals surface area contributed by atoms with Crippen LogP contribution in [0.2, 0.25) is 0 Å². The van der Waals surface area contributed by atoms with E-state index < -0.39 is 0 Å². The number of benzene rings is 1. The van der Waals surface area contributed by atoms with Gasteiger partial charge in [0.2, 0.25) is 5.91 Å². The maximum atomic E-state index is 11.5. The summed E-state index contributed by atoms with van der Waals surface area (Å²) in [6.45, 7) is 2.29. The molecule has 0 fully saturated rings. The molecule has 96 valence electrons. The molecule has 2 rings (SSSR count). The molecule has 0 radical (unpaired) electrons. The van der Waals surface area contributed by atoms with Gasteiger partial charge in [-0.05, 0) is 19.1 Å². The van der Waals surface area contributed by atoms with Crippen LogP contribution in [0.5, 0.6) is 0 Å². The fourth-order valence-electron chi connectivity index (χ4n) is 2.06. The largest absolute Gasteiger partial charge is 0.346 e. The van der Waals surface area contributed by atoms with Gasteiger partial charge < -0.3 is 15.6 Å². The average molecular weight is 246 g/mol. The smallest absolute Gasteiger partial charge is 0.221 e. The van der Waals surface area contributed by atoms with Crippen molar-refractivity contribution in [2.75, 3.05) is 6.54 Å². The minimum atomic E-state index is -0.124. The van der Waals surface area contributed by atoms with Gasteiger partial charge in [-0.2, -0.15) is 0 Å². The van der Waals surface area contributed by atoms with Gasteiger partial charge in [-0.25, -0.2) is 4.98 Å². The van der Waals surface area contributed by atoms with Crippen LogP contribution in [0, 0.1) is 0 Å². The Labute approximate surface area is 106 Å². The number of nitrogens with zero attached hydrogens (tertiary/aromatic N) is 2. The van der Waals surface area contributed by atoms with Crippen molar-refractivity contribution in [2.45, 2.75) is 19.4 Å². The highest BCUT2D eigenvalue weighted by atomic mass is 16.1. The van der Waals surface area contributed by atoms with E-state index in [9.17, 15) is 4.79 Å². The molecule has 1 unspecified atom stereocenters. The molecule has 0 bridgehead atoms. The lowest BCUT2D eigenvalue weighted by Crippen LogP contribution is -2.29. The summed E-state index contributed by atoms with van der Waals surface area (Å²) in [6, 6.07) is 7.79. The first kappa shape index (κ1) is 12.6. The molecular formula is C13H18N4O. The normalized spacial score (nSPS) is 12.6. The van der Waals surface area contributed by atoms with Crippen LogP contribution in [0.1, 0.15) is 25.2 Å². The fraction of sp³-hybridized carbons (Fsp3) is 0.385. The lowest BCUT2D eigenvalue weighted by atomic mass is 10.3. The first-order valence-electron chi connectivity index (χ1n) is 6.04. The highest BCUT2D eigenvalue weighted by Gasteiger charge is 2.15. The molecule has 18 heavy (non-hydrogen) atoms. The minimum absolute atomic E-state index is 0.0444. The molecule has 1 atom stereocenters. The van der Waals surface area contributed by atoms with Gasteiger partial charge in [0, 0.05) is 20.0 Å². The van der Waals surface area contributed by atoms with Crippen molar-refractivity contribution < 1.29 is 4.79 Å². The fourth-order valence-corrected chi connectivity index (χ4v) is 2.06. The molecule has 0 aliphatic rings. The zero-order chi connectivity index (χ0) is 13.1. The van der Waals surface area contributed by atoms with Gasteiger partial charge in [0.05, 0.1) is 17.1 Å². The summed E-state index contributed by atoms with van der Waals surface area (Å²) >= 11 is 0. The standard InChI is InChI=1S/C13H18N4O/c1-9(15-12(18)7-8-14)13-16-10-5-3-4-6-11(10)17(13)2/h3-6,9H,7-8,14H2,1-2H3,(H,15,18). The van der Waals surface area contributed by atoms with Crippen LogP contribution in [0.25, 0.3) is 11.0 Å². The number of hydrogen-bond donors (Lipinski definition) is 2. The molecule has 3 N–H and O–H groups in total. The highest BCUT2D eigenvalue weighted by Crippen LogP contribution is 2.18. The Balaban J connectivity index is 2.25. The average Bonchev–Trinajstić information content (AvgIpc) is 2.68. The molecule has 0 saturated carbocycles. The van der Waals surface area contributed by atoms with Crippen molar-refractivity contribution in [3.05, 3.63) is 30.1 Å². The predicted molar refractivity (Wildman–Crippen MR) is 70.9 cm³/mol. The van der Waals surface area contributed by atoms with Crippen LogP contribution in [-0.4, -0.2) is 22.0 Å². The van der Waals surface area contributed by atoms with Gasteiger partial charge in [-0.1, -0.05) is 12.1 Å². The Morgan fingerprint density at radius 1 is 1.50 bits per heavy atom. The summed E-state index contributed by atoms with van der Waals surface area (Å²) in [7, 11) is 1.95. The molecule has 2 aromatic rings. The number of aryl methyl sites for hydroxylation is 1. The van der Waals surface area contributed by atoms with Crippen LogP contribution in [0.4, 0.5) is 0 Å². The zero-order valence-corrected chi connectivity index (χ0v) is 10.7. The number of nitrogens with two attached hydrogens (primary N) is 1. The number of carbonyl (C=O) groups excluding carboxylic acids is 1. The number of hydrogen-bond acceptors (Lipinski definition) is 3. The Kier molecular flexibility index (Phi) is 3.62. The van der Waals surface area contributed by atoms with Crippen LogP contribution >= 0.6 is 0 Å². The third-order valence-electron chi connectivity index (χ3n) is 2.96. The van der Waals surface area contributed by atoms with Gasteiger partial charge in [0.25, 0.3) is 0 Å². The van der Waals surface area contributed by atoms with E-state index in [4.69, 9.17) is 5.73 Å². The summed E-state index contributed by atoms with van der Waals surface area (Å²) in [4.78, 5) is 16.1. The molecule has 5 nitrogen and oxygen atoms in total. The summed E-state index contributed by atoms with van der Waals surface area (Å²) in [5.74, 6) is 0.804. The van der Waals surface area contributed by atoms with Crippen molar-refractivity contribution in [1.29, 1.82) is 0 Å². The quantitative estimate of drug-likeness (QED) is 0.848. The maximum absolute atomic E-state index is 11.5. The number of imidazole rings is 1. The maximum Gasteiger partial charge on any atom is 0.221 e. The third kappa shape index (κ3) is 2.36. The monoisotopic (exact) mass is 246 g/mol. The summed E-state index contributed by atoms with van der Waals surface area (Å²) in [5, 5.41) is 2.90. The Morgan fingerprint density at radius 2 is 2.22 bits per heavy atom. The topological polar surface area (TPSA) is 72.9 Å². The lowest BCUT2D eigenvalue weighted by Gasteiger charge is -2.13. The number of carbonyl (C=O) groups is 1. The molecule has 5 heteroatoms. The van der Waals surface area contributed by atoms with E-state index in [1.165, 1.54) is 0 Å². The number of rotatable bonds is 4. The zero-order valence-electron chi connectivity index (χ0n) is 10.7. The van der Waals surface area contributed by atoms with Gasteiger partial charge in [-0.3, -0.25) is 4.79 Å². The third-order valence-corrected chi connectivity index (χ3v) is 2.96. The summed E-state index contributed by atoms with van der Waals surface area (Å²) in [5.41, 5.74) is 7.36. The molecule has 0 spiro atoms. The van der Waals surface area contributed by atoms with Crippen molar-refractivity contribution in [3.63, 3.8) is 0 Å². The Hall–Kier alpha value is -1.88. The lowest BCUT2D eigenvalue weighted by molar-refractivity contribution is -0.121. The number of aromatic nitrogens is 2. The second-order valence-electron chi connectivity index (χ2n) is 4.35. The van der Waals surface area contributed by atoms with E-state index in [1.807, 2.05) is 42.8 Å². The van der Waals surface area contributed by atoms with E-state index in [-0.39, 0.29) is 11.9 Å². The second kappa shape index (κ2) is 5.18. The number of fused-ring (bicyclic) bond motifs is 1. The summed E-state index contributed by atoms with van der Waals surface area (Å²) < 4.78 is 2.00. The first-order valence-corrected chi connectivity index (χ1v) is 6.04. The van der Waals surface area contributed by atoms with Crippen molar-refractivity contribution in [3.8, 4) is 0 Å². The van der Waals surface area contributed by atoms with Gasteiger partial charge in [-0.15, -0.1) is 0 Å². The molecular weight excluding hydrogens is 228 g/mol. The van der Waals surface area contributed by atoms with E-state index >= 15 is 0 Å². The van der Waals surface area contributed by atoms with E-state index in [0.29, 0.717) is 13.0 Å². The predicted octanol–water partition coefficient (Wildman–Crippen LogP) is 1.10. The van der Waals surface area contributed by atoms with E-state index in [0.717, 1.165) is 16.9 Å². The Morgan fingerprint density at radius 3 is 2.89 bits per heavy atom. The number of amides is 1. The highest BCUT2D eigenvalue weighted by molar-refractivity contribution is 5.78. The van der Waals surface area contributed by atoms with Crippen LogP contribution in [-0.2, 0) is 11.8 Å². The van der Waals surface area contributed by atoms with Crippen molar-refractivity contribution >= 4 is 16.9 Å². The Bertz CT molecular complexity index is 561. The number of nitrogens with one attached hydrogen (secondary N) is 1. The molecule has 1 aromatic heterocycles. The molecule has 1 aromatic carbocycles. The second-order valence-corrected chi connectivity index (χ2v) is 4.35. The molecule has 0 saturated heterocycles.